The number of hydrogen-bond donors (Lipinski definition) is 0. The molecular formula is C15H21N3. The molecule has 0 amide bonds. The van der Waals surface area contributed by atoms with Crippen LogP contribution in [0.2, 0.25) is 0 Å². The molecule has 0 radical (unpaired) electrons. The van der Waals surface area contributed by atoms with Crippen LogP contribution < -0.4 is 0 Å². The molecule has 0 N–H and O–H groups in total. The standard InChI is InChI=1S/C15H21N3/c1-5-6-13-16-9-10-18(13)14-8-7-12(11-17-14)15(2,3)4/h7-11H,5-6H2,1-4H3. The molecule has 2 aromatic heterocycles. The van der Waals surface area contributed by atoms with Gasteiger partial charge < -0.3 is 0 Å². The van der Waals surface area contributed by atoms with Gasteiger partial charge in [0.15, 0.2) is 0 Å². The van der Waals surface area contributed by atoms with E-state index < -0.39 is 0 Å². The fourth-order valence-corrected chi connectivity index (χ4v) is 1.92. The van der Waals surface area contributed by atoms with Crippen LogP contribution in [0.5, 0.6) is 0 Å². The molecule has 0 aromatic carbocycles. The molecule has 3 heteroatoms. The van der Waals surface area contributed by atoms with Crippen LogP contribution in [0.3, 0.4) is 0 Å². The molecule has 0 bridgehead atoms. The van der Waals surface area contributed by atoms with Gasteiger partial charge in [0.25, 0.3) is 0 Å². The number of pyridine rings is 1. The molecule has 2 rings (SSSR count). The van der Waals surface area contributed by atoms with Crippen molar-refractivity contribution < 1.29 is 0 Å². The van der Waals surface area contributed by atoms with E-state index in [4.69, 9.17) is 0 Å². The summed E-state index contributed by atoms with van der Waals surface area (Å²) in [5, 5.41) is 0. The number of aromatic nitrogens is 3. The fraction of sp³-hybridized carbons (Fsp3) is 0.467. The van der Waals surface area contributed by atoms with Gasteiger partial charge in [-0.1, -0.05) is 33.8 Å². The second-order valence-electron chi connectivity index (χ2n) is 5.62. The van der Waals surface area contributed by atoms with E-state index in [9.17, 15) is 0 Å². The molecule has 0 spiro atoms. The summed E-state index contributed by atoms with van der Waals surface area (Å²) in [6, 6.07) is 4.22. The van der Waals surface area contributed by atoms with Crippen LogP contribution >= 0.6 is 0 Å². The van der Waals surface area contributed by atoms with Crippen molar-refractivity contribution in [2.45, 2.75) is 46.0 Å². The van der Waals surface area contributed by atoms with Crippen molar-refractivity contribution in [3.8, 4) is 5.82 Å². The summed E-state index contributed by atoms with van der Waals surface area (Å²) < 4.78 is 2.07. The highest BCUT2D eigenvalue weighted by atomic mass is 15.1. The molecule has 0 saturated heterocycles. The lowest BCUT2D eigenvalue weighted by Crippen LogP contribution is -2.12. The summed E-state index contributed by atoms with van der Waals surface area (Å²) >= 11 is 0. The Morgan fingerprint density at radius 2 is 1.94 bits per heavy atom. The van der Waals surface area contributed by atoms with Gasteiger partial charge in [-0.05, 0) is 23.5 Å². The van der Waals surface area contributed by atoms with Crippen LogP contribution in [-0.4, -0.2) is 14.5 Å². The van der Waals surface area contributed by atoms with E-state index >= 15 is 0 Å². The van der Waals surface area contributed by atoms with Crippen LogP contribution in [0, 0.1) is 0 Å². The summed E-state index contributed by atoms with van der Waals surface area (Å²) in [5.74, 6) is 2.03. The summed E-state index contributed by atoms with van der Waals surface area (Å²) in [6.07, 6.45) is 7.85. The minimum atomic E-state index is 0.146. The molecule has 0 aliphatic carbocycles. The lowest BCUT2D eigenvalue weighted by atomic mass is 9.88. The van der Waals surface area contributed by atoms with E-state index in [0.717, 1.165) is 24.5 Å². The topological polar surface area (TPSA) is 30.7 Å². The van der Waals surface area contributed by atoms with Crippen LogP contribution in [0.1, 0.15) is 45.5 Å². The maximum atomic E-state index is 4.55. The first-order valence-electron chi connectivity index (χ1n) is 6.51. The van der Waals surface area contributed by atoms with Gasteiger partial charge >= 0.3 is 0 Å². The number of rotatable bonds is 3. The normalized spacial score (nSPS) is 11.8. The average Bonchev–Trinajstić information content (AvgIpc) is 2.77. The lowest BCUT2D eigenvalue weighted by molar-refractivity contribution is 0.587. The molecule has 96 valence electrons. The van der Waals surface area contributed by atoms with Crippen LogP contribution in [-0.2, 0) is 11.8 Å². The number of aryl methyl sites for hydroxylation is 1. The number of imidazole rings is 1. The Morgan fingerprint density at radius 3 is 2.50 bits per heavy atom. The minimum Gasteiger partial charge on any atom is -0.288 e. The number of hydrogen-bond acceptors (Lipinski definition) is 2. The first-order valence-corrected chi connectivity index (χ1v) is 6.51. The van der Waals surface area contributed by atoms with E-state index in [0.29, 0.717) is 0 Å². The van der Waals surface area contributed by atoms with Crippen molar-refractivity contribution in [2.24, 2.45) is 0 Å². The predicted molar refractivity (Wildman–Crippen MR) is 74.1 cm³/mol. The first-order chi connectivity index (χ1) is 8.52. The van der Waals surface area contributed by atoms with Gasteiger partial charge in [0.05, 0.1) is 0 Å². The smallest absolute Gasteiger partial charge is 0.137 e. The van der Waals surface area contributed by atoms with E-state index in [1.165, 1.54) is 5.56 Å². The minimum absolute atomic E-state index is 0.146. The number of nitrogens with zero attached hydrogens (tertiary/aromatic N) is 3. The van der Waals surface area contributed by atoms with Crippen molar-refractivity contribution in [1.29, 1.82) is 0 Å². The van der Waals surface area contributed by atoms with Gasteiger partial charge in [-0.3, -0.25) is 4.57 Å². The van der Waals surface area contributed by atoms with Gasteiger partial charge in [0.2, 0.25) is 0 Å². The lowest BCUT2D eigenvalue weighted by Gasteiger charge is -2.18. The van der Waals surface area contributed by atoms with Crippen molar-refractivity contribution in [2.75, 3.05) is 0 Å². The molecule has 2 aromatic rings. The Balaban J connectivity index is 2.32. The Morgan fingerprint density at radius 1 is 1.17 bits per heavy atom. The summed E-state index contributed by atoms with van der Waals surface area (Å²) in [7, 11) is 0. The highest BCUT2D eigenvalue weighted by Gasteiger charge is 2.14. The van der Waals surface area contributed by atoms with E-state index in [1.807, 2.05) is 18.6 Å². The molecule has 0 aliphatic rings. The van der Waals surface area contributed by atoms with Gasteiger partial charge in [-0.2, -0.15) is 0 Å². The molecule has 3 nitrogen and oxygen atoms in total. The van der Waals surface area contributed by atoms with Crippen molar-refractivity contribution in [1.82, 2.24) is 14.5 Å². The zero-order valence-corrected chi connectivity index (χ0v) is 11.6. The molecule has 0 aliphatic heterocycles. The fourth-order valence-electron chi connectivity index (χ4n) is 1.92. The quantitative estimate of drug-likeness (QED) is 0.825. The second-order valence-corrected chi connectivity index (χ2v) is 5.62. The summed E-state index contributed by atoms with van der Waals surface area (Å²) in [6.45, 7) is 8.76. The van der Waals surface area contributed by atoms with Crippen LogP contribution in [0.25, 0.3) is 5.82 Å². The largest absolute Gasteiger partial charge is 0.288 e. The van der Waals surface area contributed by atoms with Crippen molar-refractivity contribution in [3.05, 3.63) is 42.1 Å². The Hall–Kier alpha value is -1.64. The van der Waals surface area contributed by atoms with E-state index in [-0.39, 0.29) is 5.41 Å². The Kier molecular flexibility index (Phi) is 3.50. The first kappa shape index (κ1) is 12.8. The SMILES string of the molecule is CCCc1nccn1-c1ccc(C(C)(C)C)cn1. The van der Waals surface area contributed by atoms with Crippen LogP contribution in [0.15, 0.2) is 30.7 Å². The molecular weight excluding hydrogens is 222 g/mol. The maximum absolute atomic E-state index is 4.55. The van der Waals surface area contributed by atoms with E-state index in [1.54, 1.807) is 0 Å². The van der Waals surface area contributed by atoms with Crippen molar-refractivity contribution >= 4 is 0 Å². The predicted octanol–water partition coefficient (Wildman–Crippen LogP) is 3.52. The van der Waals surface area contributed by atoms with Gasteiger partial charge in [-0.25, -0.2) is 9.97 Å². The molecule has 2 heterocycles. The summed E-state index contributed by atoms with van der Waals surface area (Å²) in [5.41, 5.74) is 1.40. The Bertz CT molecular complexity index is 503. The molecule has 0 saturated carbocycles. The van der Waals surface area contributed by atoms with E-state index in [2.05, 4.69) is 54.4 Å². The monoisotopic (exact) mass is 243 g/mol. The van der Waals surface area contributed by atoms with Gasteiger partial charge in [0, 0.05) is 25.0 Å². The van der Waals surface area contributed by atoms with Crippen LogP contribution in [0.4, 0.5) is 0 Å². The van der Waals surface area contributed by atoms with Gasteiger partial charge in [0.1, 0.15) is 11.6 Å². The highest BCUT2D eigenvalue weighted by Crippen LogP contribution is 2.22. The molecule has 0 unspecified atom stereocenters. The summed E-state index contributed by atoms with van der Waals surface area (Å²) in [4.78, 5) is 8.93. The third kappa shape index (κ3) is 2.61. The van der Waals surface area contributed by atoms with Gasteiger partial charge in [-0.15, -0.1) is 0 Å². The molecule has 0 atom stereocenters. The highest BCUT2D eigenvalue weighted by molar-refractivity contribution is 5.30. The maximum Gasteiger partial charge on any atom is 0.137 e. The second kappa shape index (κ2) is 4.92. The Labute approximate surface area is 109 Å². The third-order valence-electron chi connectivity index (χ3n) is 3.05. The average molecular weight is 243 g/mol. The molecule has 18 heavy (non-hydrogen) atoms. The zero-order chi connectivity index (χ0) is 13.2. The third-order valence-corrected chi connectivity index (χ3v) is 3.05. The van der Waals surface area contributed by atoms with Crippen molar-refractivity contribution in [3.63, 3.8) is 0 Å². The molecule has 0 fully saturated rings. The zero-order valence-electron chi connectivity index (χ0n) is 11.6.